The summed E-state index contributed by atoms with van der Waals surface area (Å²) in [7, 11) is 0. The number of carbonyl (C=O) groups is 1. The summed E-state index contributed by atoms with van der Waals surface area (Å²) in [6.07, 6.45) is -9.92. The second kappa shape index (κ2) is 8.75. The molecule has 1 atom stereocenters. The number of alkyl halides is 7. The van der Waals surface area contributed by atoms with Gasteiger partial charge in [-0.1, -0.05) is 22.8 Å². The summed E-state index contributed by atoms with van der Waals surface area (Å²) in [6.45, 7) is -0.336. The molecule has 0 spiro atoms. The summed E-state index contributed by atoms with van der Waals surface area (Å²) in [4.78, 5) is 22.5. The summed E-state index contributed by atoms with van der Waals surface area (Å²) < 4.78 is 97.6. The van der Waals surface area contributed by atoms with E-state index >= 15 is 4.39 Å². The van der Waals surface area contributed by atoms with Gasteiger partial charge >= 0.3 is 12.4 Å². The lowest BCUT2D eigenvalue weighted by Gasteiger charge is -2.46. The molecule has 198 valence electrons. The Hall–Kier alpha value is -2.54. The third-order valence-corrected chi connectivity index (χ3v) is 8.27. The van der Waals surface area contributed by atoms with Crippen molar-refractivity contribution in [2.45, 2.75) is 30.0 Å². The summed E-state index contributed by atoms with van der Waals surface area (Å²) in [5.74, 6) is 1.20. The van der Waals surface area contributed by atoms with Crippen LogP contribution < -0.4 is 0 Å². The van der Waals surface area contributed by atoms with Crippen LogP contribution in [0, 0.1) is 5.92 Å². The van der Waals surface area contributed by atoms with Crippen molar-refractivity contribution in [2.24, 2.45) is 11.1 Å². The number of rotatable bonds is 4. The van der Waals surface area contributed by atoms with Gasteiger partial charge in [-0.25, -0.2) is 4.39 Å². The summed E-state index contributed by atoms with van der Waals surface area (Å²) in [5.41, 5.74) is -7.43. The molecular weight excluding hydrogens is 551 g/mol. The Morgan fingerprint density at radius 1 is 1.11 bits per heavy atom. The maximum Gasteiger partial charge on any atom is 0.435 e. The number of carbonyl (C=O) groups excluding carboxylic acids is 1. The predicted octanol–water partition coefficient (Wildman–Crippen LogP) is 5.71. The van der Waals surface area contributed by atoms with Crippen LogP contribution in [0.15, 0.2) is 41.7 Å². The molecule has 0 saturated carbocycles. The molecule has 0 aliphatic carbocycles. The van der Waals surface area contributed by atoms with Crippen LogP contribution in [-0.2, 0) is 27.1 Å². The normalized spacial score (nSPS) is 23.7. The number of amides is 1. The van der Waals surface area contributed by atoms with E-state index < -0.39 is 46.2 Å². The zero-order valence-electron chi connectivity index (χ0n) is 18.7. The number of pyridine rings is 1. The molecule has 14 heteroatoms. The minimum atomic E-state index is -5.13. The average Bonchev–Trinajstić information content (AvgIpc) is 3.22. The molecule has 0 bridgehead atoms. The molecule has 2 saturated heterocycles. The van der Waals surface area contributed by atoms with Gasteiger partial charge in [-0.3, -0.25) is 9.78 Å². The van der Waals surface area contributed by atoms with Crippen LogP contribution in [0.1, 0.15) is 28.8 Å². The molecule has 4 heterocycles. The Labute approximate surface area is 215 Å². The van der Waals surface area contributed by atoms with Crippen LogP contribution >= 0.6 is 23.4 Å². The lowest BCUT2D eigenvalue weighted by atomic mass is 9.85. The van der Waals surface area contributed by atoms with Crippen molar-refractivity contribution in [1.29, 1.82) is 0 Å². The molecule has 5 rings (SSSR count). The Morgan fingerprint density at radius 3 is 2.35 bits per heavy atom. The number of hydrogen-bond donors (Lipinski definition) is 0. The number of thioether (sulfide) groups is 1. The first kappa shape index (κ1) is 26.1. The quantitative estimate of drug-likeness (QED) is 0.445. The maximum absolute atomic E-state index is 15.2. The third kappa shape index (κ3) is 4.43. The van der Waals surface area contributed by atoms with E-state index in [9.17, 15) is 31.1 Å². The van der Waals surface area contributed by atoms with E-state index in [-0.39, 0.29) is 41.9 Å². The van der Waals surface area contributed by atoms with Gasteiger partial charge in [0.1, 0.15) is 0 Å². The number of benzene rings is 1. The highest BCUT2D eigenvalue weighted by Gasteiger charge is 2.62. The van der Waals surface area contributed by atoms with Gasteiger partial charge < -0.3 is 9.74 Å². The SMILES string of the molecule is O=C(C1CSC1)N1CC(F)(c2ccc(C3=NOC(c4ccc(Cl)c(C(F)(F)F)c4)(C(F)(F)F)C3)cn2)C1. The fourth-order valence-electron chi connectivity index (χ4n) is 4.39. The maximum atomic E-state index is 15.2. The molecule has 2 aromatic rings. The molecule has 37 heavy (non-hydrogen) atoms. The monoisotopic (exact) mass is 567 g/mol. The Balaban J connectivity index is 1.35. The Kier molecular flexibility index (Phi) is 6.17. The topological polar surface area (TPSA) is 54.8 Å². The van der Waals surface area contributed by atoms with Gasteiger partial charge in [0.25, 0.3) is 5.60 Å². The van der Waals surface area contributed by atoms with Gasteiger partial charge in [0.15, 0.2) is 5.67 Å². The second-order valence-electron chi connectivity index (χ2n) is 9.15. The lowest BCUT2D eigenvalue weighted by Crippen LogP contribution is -2.61. The van der Waals surface area contributed by atoms with Gasteiger partial charge in [-0.15, -0.1) is 0 Å². The average molecular weight is 568 g/mol. The van der Waals surface area contributed by atoms with Crippen molar-refractivity contribution >= 4 is 35.0 Å². The predicted molar refractivity (Wildman–Crippen MR) is 121 cm³/mol. The minimum Gasteiger partial charge on any atom is -0.374 e. The first-order valence-corrected chi connectivity index (χ1v) is 12.5. The molecular formula is C23H17ClF7N3O2S. The van der Waals surface area contributed by atoms with Crippen molar-refractivity contribution in [1.82, 2.24) is 9.88 Å². The highest BCUT2D eigenvalue weighted by molar-refractivity contribution is 8.00. The summed E-state index contributed by atoms with van der Waals surface area (Å²) in [6, 6.07) is 4.44. The molecule has 0 radical (unpaired) electrons. The second-order valence-corrected chi connectivity index (χ2v) is 10.6. The zero-order valence-corrected chi connectivity index (χ0v) is 20.2. The summed E-state index contributed by atoms with van der Waals surface area (Å²) in [5, 5.41) is 2.75. The number of nitrogens with zero attached hydrogens (tertiary/aromatic N) is 3. The Morgan fingerprint density at radius 2 is 1.81 bits per heavy atom. The fourth-order valence-corrected chi connectivity index (χ4v) is 5.38. The fraction of sp³-hybridized carbons (Fsp3) is 0.435. The molecule has 1 aromatic carbocycles. The van der Waals surface area contributed by atoms with Crippen molar-refractivity contribution in [3.05, 3.63) is 63.9 Å². The van der Waals surface area contributed by atoms with Crippen LogP contribution in [0.5, 0.6) is 0 Å². The van der Waals surface area contributed by atoms with Crippen LogP contribution in [-0.4, -0.2) is 52.3 Å². The number of likely N-dealkylation sites (tertiary alicyclic amines) is 1. The first-order chi connectivity index (χ1) is 17.2. The number of hydrogen-bond acceptors (Lipinski definition) is 5. The number of oxime groups is 1. The third-order valence-electron chi connectivity index (χ3n) is 6.66. The Bertz CT molecular complexity index is 1260. The van der Waals surface area contributed by atoms with Crippen LogP contribution in [0.3, 0.4) is 0 Å². The zero-order chi connectivity index (χ0) is 26.8. The van der Waals surface area contributed by atoms with E-state index in [4.69, 9.17) is 16.4 Å². The van der Waals surface area contributed by atoms with E-state index in [0.29, 0.717) is 17.6 Å². The number of halogens is 8. The smallest absolute Gasteiger partial charge is 0.374 e. The summed E-state index contributed by atoms with van der Waals surface area (Å²) >= 11 is 7.20. The van der Waals surface area contributed by atoms with Crippen molar-refractivity contribution in [2.75, 3.05) is 24.6 Å². The van der Waals surface area contributed by atoms with Crippen LogP contribution in [0.2, 0.25) is 5.02 Å². The molecule has 0 N–H and O–H groups in total. The van der Waals surface area contributed by atoms with Crippen molar-refractivity contribution in [3.8, 4) is 0 Å². The van der Waals surface area contributed by atoms with Crippen LogP contribution in [0.25, 0.3) is 0 Å². The molecule has 3 aliphatic heterocycles. The molecule has 5 nitrogen and oxygen atoms in total. The molecule has 3 aliphatic rings. The van der Waals surface area contributed by atoms with Crippen molar-refractivity contribution < 1.29 is 40.4 Å². The molecule has 1 unspecified atom stereocenters. The highest BCUT2D eigenvalue weighted by Crippen LogP contribution is 2.50. The van der Waals surface area contributed by atoms with Gasteiger partial charge in [0.2, 0.25) is 5.91 Å². The number of aromatic nitrogens is 1. The van der Waals surface area contributed by atoms with Gasteiger partial charge in [0, 0.05) is 28.8 Å². The largest absolute Gasteiger partial charge is 0.435 e. The van der Waals surface area contributed by atoms with Gasteiger partial charge in [-0.2, -0.15) is 38.1 Å². The molecule has 1 aromatic heterocycles. The lowest BCUT2D eigenvalue weighted by molar-refractivity contribution is -0.276. The van der Waals surface area contributed by atoms with Gasteiger partial charge in [0.05, 0.1) is 47.4 Å². The first-order valence-electron chi connectivity index (χ1n) is 10.9. The van der Waals surface area contributed by atoms with Crippen molar-refractivity contribution in [3.63, 3.8) is 0 Å². The van der Waals surface area contributed by atoms with E-state index in [1.165, 1.54) is 17.0 Å². The standard InChI is InChI=1S/C23H17ClF7N3O2S/c24-16-3-2-14(5-15(16)22(26,27)28)21(23(29,30)31)6-17(33-36-21)12-1-4-18(32-7-12)20(25)10-34(11-20)19(35)13-8-37-9-13/h1-5,7,13H,6,8-11H2. The molecule has 1 amide bonds. The van der Waals surface area contributed by atoms with E-state index in [1.807, 2.05) is 0 Å². The minimum absolute atomic E-state index is 0.0115. The van der Waals surface area contributed by atoms with E-state index in [2.05, 4.69) is 10.1 Å². The van der Waals surface area contributed by atoms with Crippen LogP contribution in [0.4, 0.5) is 30.7 Å². The van der Waals surface area contributed by atoms with E-state index in [1.54, 1.807) is 11.8 Å². The molecule has 2 fully saturated rings. The highest BCUT2D eigenvalue weighted by atomic mass is 35.5. The van der Waals surface area contributed by atoms with Gasteiger partial charge in [-0.05, 0) is 24.3 Å². The van der Waals surface area contributed by atoms with E-state index in [0.717, 1.165) is 18.3 Å².